The molecule has 2 aromatic rings. The number of benzene rings is 2. The van der Waals surface area contributed by atoms with Crippen LogP contribution >= 0.6 is 15.9 Å². The lowest BCUT2D eigenvalue weighted by molar-refractivity contribution is -0.137. The van der Waals surface area contributed by atoms with Crippen molar-refractivity contribution in [2.24, 2.45) is 0 Å². The average molecular weight is 461 g/mol. The summed E-state index contributed by atoms with van der Waals surface area (Å²) in [5.41, 5.74) is 1.80. The SMILES string of the molecule is COc1cc(CNCC(=O)NCC(F)(F)F)ccc1OCc1ccc(Br)cc1. The summed E-state index contributed by atoms with van der Waals surface area (Å²) >= 11 is 3.38. The Morgan fingerprint density at radius 1 is 1.07 bits per heavy atom. The number of rotatable bonds is 9. The van der Waals surface area contributed by atoms with Gasteiger partial charge in [-0.2, -0.15) is 13.2 Å². The molecule has 2 aromatic carbocycles. The molecule has 9 heteroatoms. The zero-order chi connectivity index (χ0) is 20.6. The summed E-state index contributed by atoms with van der Waals surface area (Å²) in [6.07, 6.45) is -4.42. The summed E-state index contributed by atoms with van der Waals surface area (Å²) in [4.78, 5) is 11.4. The maximum absolute atomic E-state index is 12.1. The standard InChI is InChI=1S/C19H20BrF3N2O3/c1-27-17-8-14(9-24-10-18(26)25-12-19(21,22)23)4-7-16(17)28-11-13-2-5-15(20)6-3-13/h2-8,24H,9-12H2,1H3,(H,25,26). The van der Waals surface area contributed by atoms with E-state index in [1.807, 2.05) is 24.3 Å². The Morgan fingerprint density at radius 3 is 2.39 bits per heavy atom. The molecule has 0 unspecified atom stereocenters. The zero-order valence-corrected chi connectivity index (χ0v) is 16.7. The first-order valence-corrected chi connectivity index (χ1v) is 9.14. The Bertz CT molecular complexity index is 783. The minimum Gasteiger partial charge on any atom is -0.493 e. The van der Waals surface area contributed by atoms with Crippen molar-refractivity contribution in [3.8, 4) is 11.5 Å². The predicted octanol–water partition coefficient (Wildman–Crippen LogP) is 3.80. The maximum atomic E-state index is 12.1. The lowest BCUT2D eigenvalue weighted by atomic mass is 10.2. The number of carbonyl (C=O) groups excluding carboxylic acids is 1. The van der Waals surface area contributed by atoms with Gasteiger partial charge in [0.25, 0.3) is 0 Å². The van der Waals surface area contributed by atoms with Crippen LogP contribution in [0.15, 0.2) is 46.9 Å². The first kappa shape index (κ1) is 22.0. The minimum atomic E-state index is -4.42. The number of carbonyl (C=O) groups is 1. The second kappa shape index (κ2) is 10.3. The van der Waals surface area contributed by atoms with Crippen LogP contribution in [0.1, 0.15) is 11.1 Å². The van der Waals surface area contributed by atoms with Crippen molar-refractivity contribution in [3.63, 3.8) is 0 Å². The third kappa shape index (κ3) is 7.77. The van der Waals surface area contributed by atoms with Crippen molar-refractivity contribution in [2.45, 2.75) is 19.3 Å². The van der Waals surface area contributed by atoms with Gasteiger partial charge in [0.05, 0.1) is 13.7 Å². The first-order valence-electron chi connectivity index (χ1n) is 8.35. The van der Waals surface area contributed by atoms with E-state index in [-0.39, 0.29) is 6.54 Å². The van der Waals surface area contributed by atoms with Crippen molar-refractivity contribution in [2.75, 3.05) is 20.2 Å². The van der Waals surface area contributed by atoms with Crippen LogP contribution in [0, 0.1) is 0 Å². The molecule has 0 saturated heterocycles. The van der Waals surface area contributed by atoms with Crippen LogP contribution in [-0.2, 0) is 17.9 Å². The predicted molar refractivity (Wildman–Crippen MR) is 102 cm³/mol. The summed E-state index contributed by atoms with van der Waals surface area (Å²) < 4.78 is 48.3. The third-order valence-electron chi connectivity index (χ3n) is 3.64. The summed E-state index contributed by atoms with van der Waals surface area (Å²) in [7, 11) is 1.52. The molecule has 2 rings (SSSR count). The zero-order valence-electron chi connectivity index (χ0n) is 15.1. The highest BCUT2D eigenvalue weighted by atomic mass is 79.9. The molecule has 0 radical (unpaired) electrons. The van der Waals surface area contributed by atoms with E-state index < -0.39 is 18.6 Å². The van der Waals surface area contributed by atoms with E-state index in [1.54, 1.807) is 23.5 Å². The molecular weight excluding hydrogens is 441 g/mol. The molecule has 2 N–H and O–H groups in total. The van der Waals surface area contributed by atoms with Crippen LogP contribution in [0.3, 0.4) is 0 Å². The van der Waals surface area contributed by atoms with Gasteiger partial charge >= 0.3 is 6.18 Å². The van der Waals surface area contributed by atoms with Crippen LogP contribution < -0.4 is 20.1 Å². The summed E-state index contributed by atoms with van der Waals surface area (Å²) in [6, 6.07) is 13.0. The van der Waals surface area contributed by atoms with E-state index in [4.69, 9.17) is 9.47 Å². The molecule has 0 aliphatic rings. The fourth-order valence-electron chi connectivity index (χ4n) is 2.26. The van der Waals surface area contributed by atoms with Gasteiger partial charge < -0.3 is 20.1 Å². The fourth-order valence-corrected chi connectivity index (χ4v) is 2.53. The molecule has 0 fully saturated rings. The van der Waals surface area contributed by atoms with E-state index in [0.29, 0.717) is 24.7 Å². The van der Waals surface area contributed by atoms with Crippen molar-refractivity contribution in [1.29, 1.82) is 0 Å². The van der Waals surface area contributed by atoms with Gasteiger partial charge in [0.1, 0.15) is 13.2 Å². The largest absolute Gasteiger partial charge is 0.493 e. The van der Waals surface area contributed by atoms with Crippen molar-refractivity contribution in [3.05, 3.63) is 58.1 Å². The van der Waals surface area contributed by atoms with Crippen molar-refractivity contribution in [1.82, 2.24) is 10.6 Å². The number of halogens is 4. The first-order chi connectivity index (χ1) is 13.3. The Kier molecular flexibility index (Phi) is 8.13. The van der Waals surface area contributed by atoms with E-state index in [1.165, 1.54) is 7.11 Å². The van der Waals surface area contributed by atoms with E-state index in [9.17, 15) is 18.0 Å². The highest BCUT2D eigenvalue weighted by Gasteiger charge is 2.27. The van der Waals surface area contributed by atoms with Gasteiger partial charge in [-0.3, -0.25) is 4.79 Å². The van der Waals surface area contributed by atoms with Gasteiger partial charge in [-0.05, 0) is 35.4 Å². The van der Waals surface area contributed by atoms with E-state index >= 15 is 0 Å². The normalized spacial score (nSPS) is 11.2. The average Bonchev–Trinajstić information content (AvgIpc) is 2.66. The van der Waals surface area contributed by atoms with Crippen LogP contribution in [0.5, 0.6) is 11.5 Å². The Hall–Kier alpha value is -2.26. The second-order valence-corrected chi connectivity index (χ2v) is 6.81. The smallest absolute Gasteiger partial charge is 0.405 e. The van der Waals surface area contributed by atoms with Crippen LogP contribution in [-0.4, -0.2) is 32.3 Å². The highest BCUT2D eigenvalue weighted by molar-refractivity contribution is 9.10. The maximum Gasteiger partial charge on any atom is 0.405 e. The van der Waals surface area contributed by atoms with E-state index in [2.05, 4.69) is 21.2 Å². The Morgan fingerprint density at radius 2 is 1.75 bits per heavy atom. The number of hydrogen-bond acceptors (Lipinski definition) is 4. The molecule has 0 heterocycles. The minimum absolute atomic E-state index is 0.222. The monoisotopic (exact) mass is 460 g/mol. The molecule has 28 heavy (non-hydrogen) atoms. The van der Waals surface area contributed by atoms with Crippen LogP contribution in [0.25, 0.3) is 0 Å². The van der Waals surface area contributed by atoms with Gasteiger partial charge in [0.15, 0.2) is 11.5 Å². The third-order valence-corrected chi connectivity index (χ3v) is 4.16. The van der Waals surface area contributed by atoms with E-state index in [0.717, 1.165) is 15.6 Å². The molecule has 152 valence electrons. The van der Waals surface area contributed by atoms with Gasteiger partial charge in [-0.1, -0.05) is 34.1 Å². The Labute approximate surface area is 169 Å². The summed E-state index contributed by atoms with van der Waals surface area (Å²) in [5, 5.41) is 4.59. The van der Waals surface area contributed by atoms with Crippen molar-refractivity contribution >= 4 is 21.8 Å². The molecule has 0 aliphatic carbocycles. The van der Waals surface area contributed by atoms with Crippen LogP contribution in [0.2, 0.25) is 0 Å². The van der Waals surface area contributed by atoms with Crippen molar-refractivity contribution < 1.29 is 27.4 Å². The number of hydrogen-bond donors (Lipinski definition) is 2. The molecule has 0 atom stereocenters. The molecule has 0 bridgehead atoms. The number of nitrogens with one attached hydrogen (secondary N) is 2. The molecule has 5 nitrogen and oxygen atoms in total. The lowest BCUT2D eigenvalue weighted by Crippen LogP contribution is -2.39. The van der Waals surface area contributed by atoms with Gasteiger partial charge in [-0.25, -0.2) is 0 Å². The Balaban J connectivity index is 1.84. The number of amides is 1. The van der Waals surface area contributed by atoms with Crippen LogP contribution in [0.4, 0.5) is 13.2 Å². The molecular formula is C19H20BrF3N2O3. The number of methoxy groups -OCH3 is 1. The van der Waals surface area contributed by atoms with Gasteiger partial charge in [0, 0.05) is 11.0 Å². The highest BCUT2D eigenvalue weighted by Crippen LogP contribution is 2.29. The molecule has 0 aromatic heterocycles. The quantitative estimate of drug-likeness (QED) is 0.597. The topological polar surface area (TPSA) is 59.6 Å². The fraction of sp³-hybridized carbons (Fsp3) is 0.316. The molecule has 0 aliphatic heterocycles. The lowest BCUT2D eigenvalue weighted by Gasteiger charge is -2.13. The molecule has 1 amide bonds. The number of ether oxygens (including phenoxy) is 2. The summed E-state index contributed by atoms with van der Waals surface area (Å²) in [6.45, 7) is -0.893. The van der Waals surface area contributed by atoms with Gasteiger partial charge in [0.2, 0.25) is 5.91 Å². The molecule has 0 spiro atoms. The summed E-state index contributed by atoms with van der Waals surface area (Å²) in [5.74, 6) is 0.369. The molecule has 0 saturated carbocycles. The van der Waals surface area contributed by atoms with Gasteiger partial charge in [-0.15, -0.1) is 0 Å². The number of alkyl halides is 3. The second-order valence-electron chi connectivity index (χ2n) is 5.90.